The highest BCUT2D eigenvalue weighted by Gasteiger charge is 2.42. The number of aliphatic hydroxyl groups is 2. The standard InChI is InChI=1S/C28H57O9P/c1-6-7-8-9-10-11-12-13-14-15-16-17-18-19-21-34-38(31,32)37-25-23-26(36-28(4,5)30)35-24(25)20-22-33-27(2,3)29/h24-26,29-30H,6-23H2,1-5H3,(H,31,32)/t24?,25?,26-/m1/s1. The van der Waals surface area contributed by atoms with Crippen molar-refractivity contribution >= 4 is 7.82 Å². The van der Waals surface area contributed by atoms with E-state index >= 15 is 0 Å². The molecule has 38 heavy (non-hydrogen) atoms. The van der Waals surface area contributed by atoms with Crippen LogP contribution in [-0.2, 0) is 27.8 Å². The van der Waals surface area contributed by atoms with Crippen LogP contribution in [0.15, 0.2) is 0 Å². The molecule has 0 aromatic heterocycles. The van der Waals surface area contributed by atoms with Crippen molar-refractivity contribution < 1.29 is 42.9 Å². The number of ether oxygens (including phenoxy) is 3. The number of hydrogen-bond donors (Lipinski definition) is 3. The molecule has 0 amide bonds. The van der Waals surface area contributed by atoms with Gasteiger partial charge in [-0.05, 0) is 40.5 Å². The van der Waals surface area contributed by atoms with Crippen molar-refractivity contribution in [3.05, 3.63) is 0 Å². The number of phosphoric ester groups is 1. The second-order valence-corrected chi connectivity index (χ2v) is 12.9. The molecule has 0 saturated carbocycles. The zero-order valence-electron chi connectivity index (χ0n) is 24.7. The molecule has 1 aliphatic rings. The summed E-state index contributed by atoms with van der Waals surface area (Å²) in [4.78, 5) is 10.3. The zero-order chi connectivity index (χ0) is 28.5. The van der Waals surface area contributed by atoms with Crippen molar-refractivity contribution in [1.29, 1.82) is 0 Å². The molecule has 1 heterocycles. The van der Waals surface area contributed by atoms with E-state index in [9.17, 15) is 19.7 Å². The predicted molar refractivity (Wildman–Crippen MR) is 148 cm³/mol. The van der Waals surface area contributed by atoms with Crippen LogP contribution in [0.2, 0.25) is 0 Å². The van der Waals surface area contributed by atoms with Crippen LogP contribution in [-0.4, -0.2) is 58.4 Å². The first-order valence-electron chi connectivity index (χ1n) is 14.9. The summed E-state index contributed by atoms with van der Waals surface area (Å²) < 4.78 is 39.8. The van der Waals surface area contributed by atoms with Gasteiger partial charge >= 0.3 is 7.82 Å². The van der Waals surface area contributed by atoms with Crippen molar-refractivity contribution in [3.63, 3.8) is 0 Å². The Hall–Kier alpha value is -0.0900. The summed E-state index contributed by atoms with van der Waals surface area (Å²) in [5.74, 6) is -2.73. The van der Waals surface area contributed by atoms with Crippen LogP contribution in [0.1, 0.15) is 137 Å². The maximum absolute atomic E-state index is 12.6. The lowest BCUT2D eigenvalue weighted by Gasteiger charge is -2.24. The van der Waals surface area contributed by atoms with Gasteiger partial charge in [0.2, 0.25) is 0 Å². The Morgan fingerprint density at radius 1 is 0.789 bits per heavy atom. The van der Waals surface area contributed by atoms with Gasteiger partial charge in [-0.15, -0.1) is 0 Å². The van der Waals surface area contributed by atoms with Gasteiger partial charge in [0.15, 0.2) is 17.9 Å². The number of unbranched alkanes of at least 4 members (excludes halogenated alkanes) is 13. The molecule has 1 saturated heterocycles. The van der Waals surface area contributed by atoms with E-state index in [1.54, 1.807) is 0 Å². The first-order chi connectivity index (χ1) is 17.8. The predicted octanol–water partition coefficient (Wildman–Crippen LogP) is 6.97. The molecule has 0 spiro atoms. The van der Waals surface area contributed by atoms with E-state index in [1.807, 2.05) is 0 Å². The SMILES string of the molecule is CCCCCCCCCCCCCCCCOP(=O)(O)OC1C[C@@H](OC(C)(C)O)OC1CCOC(C)(C)O. The smallest absolute Gasteiger partial charge is 0.366 e. The fourth-order valence-electron chi connectivity index (χ4n) is 4.54. The third kappa shape index (κ3) is 19.9. The second kappa shape index (κ2) is 19.1. The molecule has 0 aliphatic carbocycles. The van der Waals surface area contributed by atoms with Crippen LogP contribution in [0.3, 0.4) is 0 Å². The highest BCUT2D eigenvalue weighted by atomic mass is 31.2. The zero-order valence-corrected chi connectivity index (χ0v) is 25.6. The Kier molecular flexibility index (Phi) is 18.1. The lowest BCUT2D eigenvalue weighted by atomic mass is 10.0. The number of hydrogen-bond acceptors (Lipinski definition) is 8. The van der Waals surface area contributed by atoms with Gasteiger partial charge in [0.1, 0.15) is 6.10 Å². The quantitative estimate of drug-likeness (QED) is 0.0643. The Balaban J connectivity index is 2.22. The molecule has 1 rings (SSSR count). The van der Waals surface area contributed by atoms with E-state index in [-0.39, 0.29) is 19.6 Å². The summed E-state index contributed by atoms with van der Waals surface area (Å²) in [6.07, 6.45) is 15.5. The van der Waals surface area contributed by atoms with Crippen LogP contribution in [0, 0.1) is 0 Å². The minimum Gasteiger partial charge on any atom is -0.366 e. The van der Waals surface area contributed by atoms with Crippen molar-refractivity contribution in [2.75, 3.05) is 13.2 Å². The van der Waals surface area contributed by atoms with E-state index in [1.165, 1.54) is 98.3 Å². The third-order valence-corrected chi connectivity index (χ3v) is 7.51. The van der Waals surface area contributed by atoms with Crippen molar-refractivity contribution in [2.45, 2.75) is 167 Å². The van der Waals surface area contributed by atoms with Gasteiger partial charge in [0, 0.05) is 6.42 Å². The molecular formula is C28H57O9P. The molecule has 1 aliphatic heterocycles. The average Bonchev–Trinajstić information content (AvgIpc) is 3.13. The Morgan fingerprint density at radius 2 is 1.29 bits per heavy atom. The minimum absolute atomic E-state index is 0.148. The van der Waals surface area contributed by atoms with Gasteiger partial charge < -0.3 is 29.3 Å². The first-order valence-corrected chi connectivity index (χ1v) is 16.4. The molecule has 3 N–H and O–H groups in total. The van der Waals surface area contributed by atoms with Gasteiger partial charge in [0.25, 0.3) is 0 Å². The molecule has 0 aromatic carbocycles. The molecule has 0 bridgehead atoms. The molecular weight excluding hydrogens is 511 g/mol. The summed E-state index contributed by atoms with van der Waals surface area (Å²) >= 11 is 0. The van der Waals surface area contributed by atoms with Crippen molar-refractivity contribution in [2.24, 2.45) is 0 Å². The normalized spacial score (nSPS) is 22.2. The summed E-state index contributed by atoms with van der Waals surface area (Å²) in [6, 6.07) is 0. The Morgan fingerprint density at radius 3 is 1.76 bits per heavy atom. The largest absolute Gasteiger partial charge is 0.472 e. The van der Waals surface area contributed by atoms with Crippen LogP contribution in [0.25, 0.3) is 0 Å². The maximum atomic E-state index is 12.6. The van der Waals surface area contributed by atoms with Gasteiger partial charge in [-0.1, -0.05) is 90.4 Å². The lowest BCUT2D eigenvalue weighted by Crippen LogP contribution is -2.30. The first kappa shape index (κ1) is 35.9. The second-order valence-electron chi connectivity index (χ2n) is 11.5. The molecule has 10 heteroatoms. The average molecular weight is 569 g/mol. The molecule has 0 radical (unpaired) electrons. The van der Waals surface area contributed by atoms with Gasteiger partial charge in [-0.25, -0.2) is 4.57 Å². The molecule has 3 unspecified atom stereocenters. The van der Waals surface area contributed by atoms with Gasteiger partial charge in [0.05, 0.1) is 19.3 Å². The fraction of sp³-hybridized carbons (Fsp3) is 1.00. The summed E-state index contributed by atoms with van der Waals surface area (Å²) in [5.41, 5.74) is 0. The van der Waals surface area contributed by atoms with E-state index in [2.05, 4.69) is 6.92 Å². The molecule has 9 nitrogen and oxygen atoms in total. The molecule has 4 atom stereocenters. The number of rotatable bonds is 24. The monoisotopic (exact) mass is 568 g/mol. The van der Waals surface area contributed by atoms with E-state index in [0.29, 0.717) is 12.8 Å². The van der Waals surface area contributed by atoms with E-state index in [4.69, 9.17) is 23.3 Å². The van der Waals surface area contributed by atoms with E-state index < -0.39 is 37.9 Å². The Labute approximate surface area is 231 Å². The summed E-state index contributed by atoms with van der Waals surface area (Å²) in [5, 5.41) is 19.7. The molecule has 1 fully saturated rings. The van der Waals surface area contributed by atoms with Crippen LogP contribution in [0.4, 0.5) is 0 Å². The van der Waals surface area contributed by atoms with Crippen molar-refractivity contribution in [3.8, 4) is 0 Å². The Bertz CT molecular complexity index is 633. The molecule has 0 aromatic rings. The highest BCUT2D eigenvalue weighted by Crippen LogP contribution is 2.48. The van der Waals surface area contributed by atoms with Crippen LogP contribution in [0.5, 0.6) is 0 Å². The molecule has 228 valence electrons. The van der Waals surface area contributed by atoms with Gasteiger partial charge in [-0.3, -0.25) is 9.05 Å². The fourth-order valence-corrected chi connectivity index (χ4v) is 5.53. The summed E-state index contributed by atoms with van der Waals surface area (Å²) in [6.45, 7) is 8.55. The van der Waals surface area contributed by atoms with Gasteiger partial charge in [-0.2, -0.15) is 0 Å². The highest BCUT2D eigenvalue weighted by molar-refractivity contribution is 7.47. The topological polar surface area (TPSA) is 124 Å². The maximum Gasteiger partial charge on any atom is 0.472 e. The lowest BCUT2D eigenvalue weighted by molar-refractivity contribution is -0.270. The number of phosphoric acid groups is 1. The minimum atomic E-state index is -4.30. The summed E-state index contributed by atoms with van der Waals surface area (Å²) in [7, 11) is -4.30. The third-order valence-electron chi connectivity index (χ3n) is 6.46. The van der Waals surface area contributed by atoms with Crippen molar-refractivity contribution in [1.82, 2.24) is 0 Å². The van der Waals surface area contributed by atoms with Crippen LogP contribution >= 0.6 is 7.82 Å². The van der Waals surface area contributed by atoms with E-state index in [0.717, 1.165) is 12.8 Å². The van der Waals surface area contributed by atoms with Crippen LogP contribution < -0.4 is 0 Å².